The van der Waals surface area contributed by atoms with Crippen molar-refractivity contribution in [3.05, 3.63) is 266 Å². The molecule has 0 atom stereocenters. The quantitative estimate of drug-likeness (QED) is 0.123. The van der Waals surface area contributed by atoms with Crippen LogP contribution >= 0.6 is 0 Å². The standard InChI is InChI=1S/C76H48N2/c1-45-35-59-61(37-57(45)53-31-17-21-47-19-9-11-27-51(47)53)69-43-75-71(55-29-13-15-33-73(55)77(75)49-23-5-3-6-24-49)41-67(69)65-40-64-60-36-46(2)58(54-32-18-22-48-20-10-12-28-52(48)54)38-62(60)70-44-76-72(42-68(70)66(64)39-63(59)65)56-30-14-16-34-74(56)78(76)50-25-7-4-8-26-50/h3-44H,1-2H3. The van der Waals surface area contributed by atoms with Crippen molar-refractivity contribution in [3.63, 3.8) is 0 Å². The van der Waals surface area contributed by atoms with Crippen LogP contribution in [0.4, 0.5) is 0 Å². The van der Waals surface area contributed by atoms with Gasteiger partial charge in [-0.1, -0.05) is 170 Å². The van der Waals surface area contributed by atoms with Crippen LogP contribution in [0.25, 0.3) is 163 Å². The molecule has 0 spiro atoms. The lowest BCUT2D eigenvalue weighted by Gasteiger charge is -2.19. The third-order valence-corrected chi connectivity index (χ3v) is 17.4. The topological polar surface area (TPSA) is 9.86 Å². The number of aryl methyl sites for hydroxylation is 2. The summed E-state index contributed by atoms with van der Waals surface area (Å²) in [6.45, 7) is 4.62. The van der Waals surface area contributed by atoms with Gasteiger partial charge in [-0.05, 0) is 218 Å². The Hall–Kier alpha value is -10.0. The zero-order valence-corrected chi connectivity index (χ0v) is 43.1. The molecule has 2 aromatic heterocycles. The molecule has 362 valence electrons. The fourth-order valence-corrected chi connectivity index (χ4v) is 13.9. The average molecular weight is 989 g/mol. The molecule has 0 fully saturated rings. The minimum atomic E-state index is 1.16. The van der Waals surface area contributed by atoms with Gasteiger partial charge in [0.2, 0.25) is 0 Å². The van der Waals surface area contributed by atoms with E-state index >= 15 is 0 Å². The van der Waals surface area contributed by atoms with E-state index in [4.69, 9.17) is 0 Å². The summed E-state index contributed by atoms with van der Waals surface area (Å²) in [6.07, 6.45) is 0. The molecule has 2 heteroatoms. The maximum absolute atomic E-state index is 2.57. The molecule has 0 radical (unpaired) electrons. The van der Waals surface area contributed by atoms with E-state index in [2.05, 4.69) is 278 Å². The molecule has 0 aliphatic rings. The number of hydrogen-bond acceptors (Lipinski definition) is 0. The summed E-state index contributed by atoms with van der Waals surface area (Å²) in [4.78, 5) is 0. The smallest absolute Gasteiger partial charge is 0.0547 e. The number of nitrogens with zero attached hydrogens (tertiary/aromatic N) is 2. The van der Waals surface area contributed by atoms with Gasteiger partial charge in [0.1, 0.15) is 0 Å². The van der Waals surface area contributed by atoms with Gasteiger partial charge in [0.15, 0.2) is 0 Å². The Labute approximate surface area is 449 Å². The fraction of sp³-hybridized carbons (Fsp3) is 0.0263. The van der Waals surface area contributed by atoms with Crippen molar-refractivity contribution in [2.75, 3.05) is 0 Å². The molecule has 17 aromatic rings. The first-order chi connectivity index (χ1) is 38.5. The van der Waals surface area contributed by atoms with Gasteiger partial charge < -0.3 is 9.13 Å². The average Bonchev–Trinajstić information content (AvgIpc) is 4.13. The lowest BCUT2D eigenvalue weighted by atomic mass is 9.84. The number of benzene rings is 15. The van der Waals surface area contributed by atoms with E-state index in [1.807, 2.05) is 0 Å². The van der Waals surface area contributed by atoms with Crippen molar-refractivity contribution in [1.82, 2.24) is 9.13 Å². The van der Waals surface area contributed by atoms with E-state index in [0.717, 1.165) is 11.4 Å². The van der Waals surface area contributed by atoms with E-state index in [1.54, 1.807) is 0 Å². The van der Waals surface area contributed by atoms with E-state index in [0.29, 0.717) is 0 Å². The second kappa shape index (κ2) is 16.2. The summed E-state index contributed by atoms with van der Waals surface area (Å²) >= 11 is 0. The van der Waals surface area contributed by atoms with Gasteiger partial charge in [0.05, 0.1) is 22.1 Å². The van der Waals surface area contributed by atoms with Crippen LogP contribution in [0.2, 0.25) is 0 Å². The maximum Gasteiger partial charge on any atom is 0.0547 e. The molecular formula is C76H48N2. The van der Waals surface area contributed by atoms with Crippen molar-refractivity contribution in [3.8, 4) is 33.6 Å². The van der Waals surface area contributed by atoms with Crippen LogP contribution in [0.3, 0.4) is 0 Å². The van der Waals surface area contributed by atoms with Gasteiger partial charge in [-0.3, -0.25) is 0 Å². The zero-order chi connectivity index (χ0) is 51.3. The third-order valence-electron chi connectivity index (χ3n) is 17.4. The second-order valence-electron chi connectivity index (χ2n) is 21.6. The fourth-order valence-electron chi connectivity index (χ4n) is 13.9. The van der Waals surface area contributed by atoms with Gasteiger partial charge >= 0.3 is 0 Å². The third kappa shape index (κ3) is 6.08. The lowest BCUT2D eigenvalue weighted by molar-refractivity contribution is 1.18. The van der Waals surface area contributed by atoms with Crippen LogP contribution in [0.1, 0.15) is 11.1 Å². The molecular weight excluding hydrogens is 941 g/mol. The van der Waals surface area contributed by atoms with Crippen molar-refractivity contribution < 1.29 is 0 Å². The number of para-hydroxylation sites is 4. The first-order valence-electron chi connectivity index (χ1n) is 27.2. The number of rotatable bonds is 4. The molecule has 0 N–H and O–H groups in total. The minimum absolute atomic E-state index is 1.16. The monoisotopic (exact) mass is 988 g/mol. The summed E-state index contributed by atoms with van der Waals surface area (Å²) in [7, 11) is 0. The van der Waals surface area contributed by atoms with Gasteiger partial charge in [-0.2, -0.15) is 0 Å². The highest BCUT2D eigenvalue weighted by Crippen LogP contribution is 2.49. The zero-order valence-electron chi connectivity index (χ0n) is 43.1. The predicted molar refractivity (Wildman–Crippen MR) is 336 cm³/mol. The van der Waals surface area contributed by atoms with Crippen LogP contribution in [-0.2, 0) is 0 Å². The Kier molecular flexibility index (Phi) is 9.01. The number of hydrogen-bond donors (Lipinski definition) is 0. The van der Waals surface area contributed by atoms with E-state index < -0.39 is 0 Å². The largest absolute Gasteiger partial charge is 0.309 e. The molecule has 15 aromatic carbocycles. The Morgan fingerprint density at radius 3 is 0.923 bits per heavy atom. The van der Waals surface area contributed by atoms with E-state index in [-0.39, 0.29) is 0 Å². The van der Waals surface area contributed by atoms with Crippen molar-refractivity contribution in [1.29, 1.82) is 0 Å². The molecule has 0 aliphatic heterocycles. The highest BCUT2D eigenvalue weighted by molar-refractivity contribution is 6.36. The van der Waals surface area contributed by atoms with Crippen LogP contribution in [-0.4, -0.2) is 9.13 Å². The first kappa shape index (κ1) is 43.2. The van der Waals surface area contributed by atoms with Crippen molar-refractivity contribution in [2.24, 2.45) is 0 Å². The first-order valence-corrected chi connectivity index (χ1v) is 27.2. The summed E-state index contributed by atoms with van der Waals surface area (Å²) < 4.78 is 4.93. The van der Waals surface area contributed by atoms with Crippen LogP contribution in [0, 0.1) is 13.8 Å². The molecule has 78 heavy (non-hydrogen) atoms. The molecule has 2 heterocycles. The predicted octanol–water partition coefficient (Wildman–Crippen LogP) is 21.1. The molecule has 0 saturated heterocycles. The molecule has 0 aliphatic carbocycles. The molecule has 2 nitrogen and oxygen atoms in total. The summed E-state index contributed by atoms with van der Waals surface area (Å²) in [5, 5.41) is 25.1. The summed E-state index contributed by atoms with van der Waals surface area (Å²) in [5.41, 5.74) is 14.7. The maximum atomic E-state index is 2.57. The Bertz CT molecular complexity index is 5090. The van der Waals surface area contributed by atoms with E-state index in [1.165, 1.54) is 163 Å². The Morgan fingerprint density at radius 2 is 0.500 bits per heavy atom. The van der Waals surface area contributed by atoms with Crippen molar-refractivity contribution in [2.45, 2.75) is 13.8 Å². The molecule has 0 amide bonds. The van der Waals surface area contributed by atoms with Crippen molar-refractivity contribution >= 4 is 130 Å². The summed E-state index contributed by atoms with van der Waals surface area (Å²) in [5.74, 6) is 0. The molecule has 17 rings (SSSR count). The second-order valence-corrected chi connectivity index (χ2v) is 21.6. The molecule has 0 saturated carbocycles. The Morgan fingerprint density at radius 1 is 0.192 bits per heavy atom. The highest BCUT2D eigenvalue weighted by atomic mass is 15.0. The Balaban J connectivity index is 1.07. The minimum Gasteiger partial charge on any atom is -0.309 e. The highest BCUT2D eigenvalue weighted by Gasteiger charge is 2.23. The normalized spacial score (nSPS) is 12.2. The van der Waals surface area contributed by atoms with E-state index in [9.17, 15) is 0 Å². The van der Waals surface area contributed by atoms with Gasteiger partial charge in [0, 0.05) is 32.9 Å². The lowest BCUT2D eigenvalue weighted by Crippen LogP contribution is -1.95. The van der Waals surface area contributed by atoms with Crippen LogP contribution in [0.5, 0.6) is 0 Å². The summed E-state index contributed by atoms with van der Waals surface area (Å²) in [6, 6.07) is 96.0. The van der Waals surface area contributed by atoms with Crippen LogP contribution in [0.15, 0.2) is 255 Å². The number of fused-ring (bicyclic) bond motifs is 20. The number of aromatic nitrogens is 2. The molecule has 0 unspecified atom stereocenters. The van der Waals surface area contributed by atoms with Gasteiger partial charge in [-0.15, -0.1) is 0 Å². The molecule has 0 bridgehead atoms. The SMILES string of the molecule is Cc1cc2c(cc1-c1cccc3ccccc13)c1cc3c(cc1c1cc4c5cc(C)c(-c6cccc7ccccc67)cc5c5cc6c(cc5c4cc21)c1ccccc1n6-c1ccccc1)c1ccccc1n3-c1ccccc1. The van der Waals surface area contributed by atoms with Gasteiger partial charge in [-0.25, -0.2) is 0 Å². The van der Waals surface area contributed by atoms with Crippen LogP contribution < -0.4 is 0 Å². The van der Waals surface area contributed by atoms with Gasteiger partial charge in [0.25, 0.3) is 0 Å².